The second kappa shape index (κ2) is 5.00. The molecule has 0 radical (unpaired) electrons. The summed E-state index contributed by atoms with van der Waals surface area (Å²) in [6, 6.07) is 1.89. The predicted octanol–water partition coefficient (Wildman–Crippen LogP) is 1.89. The Hall–Kier alpha value is -1.05. The lowest BCUT2D eigenvalue weighted by molar-refractivity contribution is 0.430. The monoisotopic (exact) mass is 316 g/mol. The molecular formula is C14H18F2N2O2S. The van der Waals surface area contributed by atoms with Crippen molar-refractivity contribution in [2.75, 3.05) is 6.54 Å². The highest BCUT2D eigenvalue weighted by Crippen LogP contribution is 2.60. The SMILES string of the molecule is NCc1c(F)ccc(S(=O)(=O)NCC2(C3CC3)CC2)c1F. The summed E-state index contributed by atoms with van der Waals surface area (Å²) in [4.78, 5) is -0.532. The molecule has 0 spiro atoms. The molecule has 1 aromatic carbocycles. The van der Waals surface area contributed by atoms with E-state index in [-0.39, 0.29) is 12.0 Å². The Balaban J connectivity index is 1.81. The van der Waals surface area contributed by atoms with Gasteiger partial charge in [-0.2, -0.15) is 0 Å². The van der Waals surface area contributed by atoms with Crippen LogP contribution in [-0.4, -0.2) is 15.0 Å². The molecule has 0 heterocycles. The molecule has 7 heteroatoms. The van der Waals surface area contributed by atoms with Gasteiger partial charge in [-0.15, -0.1) is 0 Å². The number of halogens is 2. The van der Waals surface area contributed by atoms with Crippen molar-refractivity contribution in [1.82, 2.24) is 4.72 Å². The zero-order valence-electron chi connectivity index (χ0n) is 11.5. The van der Waals surface area contributed by atoms with Gasteiger partial charge in [0, 0.05) is 18.7 Å². The normalized spacial score (nSPS) is 20.5. The Morgan fingerprint density at radius 2 is 1.95 bits per heavy atom. The molecule has 0 aromatic heterocycles. The summed E-state index contributed by atoms with van der Waals surface area (Å²) in [5.41, 5.74) is 4.94. The minimum absolute atomic E-state index is 0.0697. The topological polar surface area (TPSA) is 72.2 Å². The third-order valence-corrected chi connectivity index (χ3v) is 6.01. The summed E-state index contributed by atoms with van der Waals surface area (Å²) in [5.74, 6) is -1.33. The molecule has 0 unspecified atom stereocenters. The Morgan fingerprint density at radius 1 is 1.29 bits per heavy atom. The standard InChI is InChI=1S/C14H18F2N2O2S/c15-11-3-4-12(13(16)10(11)7-17)21(19,20)18-8-14(5-6-14)9-1-2-9/h3-4,9,18H,1-2,5-8,17H2. The lowest BCUT2D eigenvalue weighted by Crippen LogP contribution is -2.32. The first kappa shape index (κ1) is 14.9. The van der Waals surface area contributed by atoms with E-state index in [0.717, 1.165) is 37.8 Å². The summed E-state index contributed by atoms with van der Waals surface area (Å²) in [7, 11) is -3.99. The Morgan fingerprint density at radius 3 is 2.48 bits per heavy atom. The molecule has 0 atom stereocenters. The van der Waals surface area contributed by atoms with E-state index in [1.165, 1.54) is 0 Å². The van der Waals surface area contributed by atoms with E-state index in [1.807, 2.05) is 0 Å². The van der Waals surface area contributed by atoms with Crippen molar-refractivity contribution in [3.63, 3.8) is 0 Å². The zero-order chi connectivity index (χ0) is 15.3. The van der Waals surface area contributed by atoms with Crippen LogP contribution in [0.4, 0.5) is 8.78 Å². The van der Waals surface area contributed by atoms with E-state index in [4.69, 9.17) is 5.73 Å². The van der Waals surface area contributed by atoms with E-state index in [2.05, 4.69) is 4.72 Å². The van der Waals surface area contributed by atoms with Crippen LogP contribution < -0.4 is 10.5 Å². The maximum absolute atomic E-state index is 14.1. The molecule has 2 fully saturated rings. The first-order valence-corrected chi connectivity index (χ1v) is 8.54. The van der Waals surface area contributed by atoms with E-state index in [9.17, 15) is 17.2 Å². The van der Waals surface area contributed by atoms with Crippen molar-refractivity contribution in [3.05, 3.63) is 29.3 Å². The van der Waals surface area contributed by atoms with Crippen LogP contribution in [0.15, 0.2) is 17.0 Å². The van der Waals surface area contributed by atoms with Crippen molar-refractivity contribution in [1.29, 1.82) is 0 Å². The number of nitrogens with two attached hydrogens (primary N) is 1. The Labute approximate surface area is 122 Å². The van der Waals surface area contributed by atoms with Crippen molar-refractivity contribution < 1.29 is 17.2 Å². The van der Waals surface area contributed by atoms with Crippen LogP contribution in [0.3, 0.4) is 0 Å². The fourth-order valence-electron chi connectivity index (χ4n) is 2.87. The zero-order valence-corrected chi connectivity index (χ0v) is 12.3. The highest BCUT2D eigenvalue weighted by molar-refractivity contribution is 7.89. The number of hydrogen-bond acceptors (Lipinski definition) is 3. The van der Waals surface area contributed by atoms with E-state index in [1.54, 1.807) is 0 Å². The summed E-state index contributed by atoms with van der Waals surface area (Å²) in [6.07, 6.45) is 4.31. The molecule has 0 saturated heterocycles. The molecule has 1 aromatic rings. The van der Waals surface area contributed by atoms with Crippen molar-refractivity contribution >= 4 is 10.0 Å². The van der Waals surface area contributed by atoms with Gasteiger partial charge in [-0.3, -0.25) is 0 Å². The van der Waals surface area contributed by atoms with E-state index < -0.39 is 32.1 Å². The van der Waals surface area contributed by atoms with E-state index >= 15 is 0 Å². The van der Waals surface area contributed by atoms with Gasteiger partial charge in [0.05, 0.1) is 0 Å². The molecule has 0 bridgehead atoms. The molecule has 2 aliphatic rings. The van der Waals surface area contributed by atoms with Crippen LogP contribution >= 0.6 is 0 Å². The number of sulfonamides is 1. The second-order valence-corrected chi connectivity index (χ2v) is 7.74. The molecule has 2 aliphatic carbocycles. The highest BCUT2D eigenvalue weighted by Gasteiger charge is 2.53. The van der Waals surface area contributed by atoms with Gasteiger partial charge in [0.1, 0.15) is 10.7 Å². The summed E-state index contributed by atoms with van der Waals surface area (Å²) in [5, 5.41) is 0. The van der Waals surface area contributed by atoms with Gasteiger partial charge in [-0.25, -0.2) is 21.9 Å². The maximum atomic E-state index is 14.1. The highest BCUT2D eigenvalue weighted by atomic mass is 32.2. The van der Waals surface area contributed by atoms with Crippen molar-refractivity contribution in [2.24, 2.45) is 17.1 Å². The minimum atomic E-state index is -3.99. The fraction of sp³-hybridized carbons (Fsp3) is 0.571. The van der Waals surface area contributed by atoms with Crippen LogP contribution in [-0.2, 0) is 16.6 Å². The summed E-state index contributed by atoms with van der Waals surface area (Å²) in [6.45, 7) is -0.0538. The Bertz CT molecular complexity index is 668. The molecule has 3 rings (SSSR count). The van der Waals surface area contributed by atoms with Crippen LogP contribution in [0, 0.1) is 23.0 Å². The van der Waals surface area contributed by atoms with Crippen LogP contribution in [0.25, 0.3) is 0 Å². The quantitative estimate of drug-likeness (QED) is 0.842. The lowest BCUT2D eigenvalue weighted by atomic mass is 10.0. The largest absolute Gasteiger partial charge is 0.326 e. The first-order valence-electron chi connectivity index (χ1n) is 7.06. The van der Waals surface area contributed by atoms with Gasteiger partial charge < -0.3 is 5.73 Å². The van der Waals surface area contributed by atoms with Crippen LogP contribution in [0.1, 0.15) is 31.2 Å². The molecule has 4 nitrogen and oxygen atoms in total. The minimum Gasteiger partial charge on any atom is -0.326 e. The van der Waals surface area contributed by atoms with Gasteiger partial charge in [0.2, 0.25) is 10.0 Å². The van der Waals surface area contributed by atoms with Gasteiger partial charge in [-0.05, 0) is 49.1 Å². The number of benzene rings is 1. The van der Waals surface area contributed by atoms with Crippen LogP contribution in [0.2, 0.25) is 0 Å². The van der Waals surface area contributed by atoms with E-state index in [0.29, 0.717) is 12.5 Å². The third-order valence-electron chi connectivity index (χ3n) is 4.59. The van der Waals surface area contributed by atoms with Gasteiger partial charge in [-0.1, -0.05) is 0 Å². The van der Waals surface area contributed by atoms with Gasteiger partial charge in [0.15, 0.2) is 5.82 Å². The molecule has 21 heavy (non-hydrogen) atoms. The molecular weight excluding hydrogens is 298 g/mol. The van der Waals surface area contributed by atoms with Crippen molar-refractivity contribution in [2.45, 2.75) is 37.1 Å². The summed E-state index contributed by atoms with van der Waals surface area (Å²) >= 11 is 0. The molecule has 0 amide bonds. The summed E-state index contributed by atoms with van der Waals surface area (Å²) < 4.78 is 54.4. The second-order valence-electron chi connectivity index (χ2n) is 6.00. The lowest BCUT2D eigenvalue weighted by Gasteiger charge is -2.16. The molecule has 0 aliphatic heterocycles. The van der Waals surface area contributed by atoms with Gasteiger partial charge in [0.25, 0.3) is 0 Å². The number of rotatable bonds is 6. The van der Waals surface area contributed by atoms with Crippen molar-refractivity contribution in [3.8, 4) is 0 Å². The van der Waals surface area contributed by atoms with Gasteiger partial charge >= 0.3 is 0 Å². The fourth-order valence-corrected chi connectivity index (χ4v) is 4.11. The average Bonchev–Trinajstić information content (AvgIpc) is 3.28. The number of nitrogens with one attached hydrogen (secondary N) is 1. The molecule has 116 valence electrons. The number of hydrogen-bond donors (Lipinski definition) is 2. The van der Waals surface area contributed by atoms with Crippen LogP contribution in [0.5, 0.6) is 0 Å². The smallest absolute Gasteiger partial charge is 0.243 e. The maximum Gasteiger partial charge on any atom is 0.243 e. The molecule has 2 saturated carbocycles. The Kier molecular flexibility index (Phi) is 3.54. The molecule has 3 N–H and O–H groups in total. The third kappa shape index (κ3) is 2.69. The first-order chi connectivity index (χ1) is 9.89. The predicted molar refractivity (Wildman–Crippen MR) is 73.8 cm³/mol. The average molecular weight is 316 g/mol.